The van der Waals surface area contributed by atoms with Crippen molar-refractivity contribution in [2.75, 3.05) is 11.9 Å². The van der Waals surface area contributed by atoms with Crippen molar-refractivity contribution < 1.29 is 4.74 Å². The lowest BCUT2D eigenvalue weighted by Crippen LogP contribution is -2.26. The summed E-state index contributed by atoms with van der Waals surface area (Å²) >= 11 is 6.06. The van der Waals surface area contributed by atoms with Crippen LogP contribution in [0.5, 0.6) is 0 Å². The lowest BCUT2D eigenvalue weighted by molar-refractivity contribution is 0.121. The minimum atomic E-state index is 0.281. The maximum absolute atomic E-state index is 6.06. The fourth-order valence-electron chi connectivity index (χ4n) is 1.88. The molecule has 2 rings (SSSR count). The van der Waals surface area contributed by atoms with Crippen LogP contribution in [-0.4, -0.2) is 18.8 Å². The molecule has 0 saturated carbocycles. The van der Waals surface area contributed by atoms with E-state index in [1.54, 1.807) is 0 Å². The Morgan fingerprint density at radius 1 is 1.47 bits per heavy atom. The number of benzene rings is 1. The van der Waals surface area contributed by atoms with E-state index >= 15 is 0 Å². The van der Waals surface area contributed by atoms with Crippen molar-refractivity contribution in [3.8, 4) is 0 Å². The Hall–Kier alpha value is -0.730. The van der Waals surface area contributed by atoms with Crippen LogP contribution >= 0.6 is 11.6 Å². The summed E-state index contributed by atoms with van der Waals surface area (Å²) in [6.45, 7) is 4.98. The van der Waals surface area contributed by atoms with Crippen molar-refractivity contribution in [3.63, 3.8) is 0 Å². The van der Waals surface area contributed by atoms with Crippen LogP contribution in [0.3, 0.4) is 0 Å². The van der Waals surface area contributed by atoms with Crippen LogP contribution in [0.25, 0.3) is 0 Å². The van der Waals surface area contributed by atoms with E-state index in [2.05, 4.69) is 18.3 Å². The molecule has 1 saturated heterocycles. The molecule has 3 heteroatoms. The number of rotatable bonds is 2. The van der Waals surface area contributed by atoms with Gasteiger partial charge in [-0.2, -0.15) is 0 Å². The summed E-state index contributed by atoms with van der Waals surface area (Å²) in [6.07, 6.45) is 1.34. The lowest BCUT2D eigenvalue weighted by atomic mass is 10.1. The van der Waals surface area contributed by atoms with Gasteiger partial charge in [-0.15, -0.1) is 0 Å². The molecule has 0 amide bonds. The van der Waals surface area contributed by atoms with Gasteiger partial charge in [-0.3, -0.25) is 0 Å². The Labute approximate surface area is 95.6 Å². The zero-order chi connectivity index (χ0) is 10.8. The van der Waals surface area contributed by atoms with Crippen molar-refractivity contribution >= 4 is 17.3 Å². The number of nitrogens with one attached hydrogen (secondary N) is 1. The van der Waals surface area contributed by atoms with E-state index in [9.17, 15) is 0 Å². The molecule has 0 aromatic heterocycles. The number of halogens is 1. The number of ether oxygens (including phenoxy) is 1. The van der Waals surface area contributed by atoms with E-state index in [-0.39, 0.29) is 6.10 Å². The first-order valence-electron chi connectivity index (χ1n) is 5.31. The number of hydrogen-bond acceptors (Lipinski definition) is 2. The van der Waals surface area contributed by atoms with Crippen LogP contribution in [0.1, 0.15) is 18.9 Å². The molecule has 0 unspecified atom stereocenters. The number of hydrogen-bond donors (Lipinski definition) is 1. The van der Waals surface area contributed by atoms with E-state index in [4.69, 9.17) is 16.3 Å². The Morgan fingerprint density at radius 3 is 2.93 bits per heavy atom. The standard InChI is InChI=1S/C12H16ClNO/c1-8-10(13)4-3-5-11(8)14-12-6-7-15-9(12)2/h3-5,9,12,14H,6-7H2,1-2H3/t9-,12-/m1/s1. The van der Waals surface area contributed by atoms with Crippen LogP contribution < -0.4 is 5.32 Å². The maximum atomic E-state index is 6.06. The Kier molecular flexibility index (Phi) is 3.17. The molecule has 1 aromatic carbocycles. The van der Waals surface area contributed by atoms with Gasteiger partial charge in [-0.1, -0.05) is 17.7 Å². The SMILES string of the molecule is Cc1c(Cl)cccc1N[C@@H]1CCO[C@@H]1C. The van der Waals surface area contributed by atoms with Crippen LogP contribution in [0, 0.1) is 6.92 Å². The average molecular weight is 226 g/mol. The summed E-state index contributed by atoms with van der Waals surface area (Å²) in [5.74, 6) is 0. The van der Waals surface area contributed by atoms with Gasteiger partial charge in [0.25, 0.3) is 0 Å². The third-order valence-corrected chi connectivity index (χ3v) is 3.39. The summed E-state index contributed by atoms with van der Waals surface area (Å²) in [6, 6.07) is 6.35. The fraction of sp³-hybridized carbons (Fsp3) is 0.500. The first-order valence-corrected chi connectivity index (χ1v) is 5.69. The molecule has 1 aliphatic rings. The van der Waals surface area contributed by atoms with Gasteiger partial charge in [0.2, 0.25) is 0 Å². The topological polar surface area (TPSA) is 21.3 Å². The smallest absolute Gasteiger partial charge is 0.0748 e. The molecule has 2 nitrogen and oxygen atoms in total. The van der Waals surface area contributed by atoms with Crippen molar-refractivity contribution in [2.45, 2.75) is 32.4 Å². The fourth-order valence-corrected chi connectivity index (χ4v) is 2.06. The zero-order valence-corrected chi connectivity index (χ0v) is 9.84. The second-order valence-corrected chi connectivity index (χ2v) is 4.44. The first kappa shape index (κ1) is 10.8. The van der Waals surface area contributed by atoms with Gasteiger partial charge in [0.05, 0.1) is 12.1 Å². The maximum Gasteiger partial charge on any atom is 0.0748 e. The van der Waals surface area contributed by atoms with Crippen molar-refractivity contribution in [3.05, 3.63) is 28.8 Å². The molecule has 15 heavy (non-hydrogen) atoms. The van der Waals surface area contributed by atoms with Gasteiger partial charge in [0.1, 0.15) is 0 Å². The van der Waals surface area contributed by atoms with E-state index in [1.807, 2.05) is 19.1 Å². The Bertz CT molecular complexity index is 353. The van der Waals surface area contributed by atoms with E-state index in [0.717, 1.165) is 29.3 Å². The monoisotopic (exact) mass is 225 g/mol. The molecular weight excluding hydrogens is 210 g/mol. The molecular formula is C12H16ClNO. The second kappa shape index (κ2) is 4.42. The summed E-state index contributed by atoms with van der Waals surface area (Å²) < 4.78 is 5.51. The second-order valence-electron chi connectivity index (χ2n) is 4.03. The molecule has 1 N–H and O–H groups in total. The lowest BCUT2D eigenvalue weighted by Gasteiger charge is -2.19. The van der Waals surface area contributed by atoms with E-state index < -0.39 is 0 Å². The van der Waals surface area contributed by atoms with Crippen LogP contribution in [0.15, 0.2) is 18.2 Å². The molecule has 0 aliphatic carbocycles. The predicted molar refractivity (Wildman–Crippen MR) is 63.6 cm³/mol. The van der Waals surface area contributed by atoms with Gasteiger partial charge >= 0.3 is 0 Å². The molecule has 0 bridgehead atoms. The van der Waals surface area contributed by atoms with Crippen molar-refractivity contribution in [1.29, 1.82) is 0 Å². The van der Waals surface area contributed by atoms with Crippen LogP contribution in [0.2, 0.25) is 5.02 Å². The third-order valence-electron chi connectivity index (χ3n) is 2.98. The highest BCUT2D eigenvalue weighted by Gasteiger charge is 2.24. The summed E-state index contributed by atoms with van der Waals surface area (Å²) in [4.78, 5) is 0. The zero-order valence-electron chi connectivity index (χ0n) is 9.09. The Morgan fingerprint density at radius 2 is 2.27 bits per heavy atom. The van der Waals surface area contributed by atoms with Gasteiger partial charge < -0.3 is 10.1 Å². The van der Waals surface area contributed by atoms with Gasteiger partial charge in [-0.05, 0) is 38.0 Å². The van der Waals surface area contributed by atoms with E-state index in [1.165, 1.54) is 0 Å². The van der Waals surface area contributed by atoms with E-state index in [0.29, 0.717) is 6.04 Å². The Balaban J connectivity index is 2.13. The highest BCUT2D eigenvalue weighted by atomic mass is 35.5. The minimum Gasteiger partial charge on any atom is -0.379 e. The summed E-state index contributed by atoms with van der Waals surface area (Å²) in [7, 11) is 0. The van der Waals surface area contributed by atoms with Crippen molar-refractivity contribution in [1.82, 2.24) is 0 Å². The quantitative estimate of drug-likeness (QED) is 0.835. The van der Waals surface area contributed by atoms with Gasteiger partial charge in [0.15, 0.2) is 0 Å². The first-order chi connectivity index (χ1) is 7.18. The summed E-state index contributed by atoms with van der Waals surface area (Å²) in [5.41, 5.74) is 2.23. The van der Waals surface area contributed by atoms with Gasteiger partial charge in [0, 0.05) is 17.3 Å². The van der Waals surface area contributed by atoms with Crippen LogP contribution in [0.4, 0.5) is 5.69 Å². The third kappa shape index (κ3) is 2.27. The largest absolute Gasteiger partial charge is 0.379 e. The molecule has 0 spiro atoms. The highest BCUT2D eigenvalue weighted by Crippen LogP contribution is 2.26. The molecule has 0 radical (unpaired) electrons. The van der Waals surface area contributed by atoms with Gasteiger partial charge in [-0.25, -0.2) is 0 Å². The molecule has 1 aromatic rings. The molecule has 1 aliphatic heterocycles. The van der Waals surface area contributed by atoms with Crippen LogP contribution in [-0.2, 0) is 4.74 Å². The molecule has 2 atom stereocenters. The molecule has 82 valence electrons. The normalized spacial score (nSPS) is 25.5. The molecule has 1 fully saturated rings. The minimum absolute atomic E-state index is 0.281. The average Bonchev–Trinajstić information content (AvgIpc) is 2.60. The van der Waals surface area contributed by atoms with Crippen molar-refractivity contribution in [2.24, 2.45) is 0 Å². The molecule has 1 heterocycles. The number of anilines is 1. The predicted octanol–water partition coefficient (Wildman–Crippen LogP) is 3.24. The highest BCUT2D eigenvalue weighted by molar-refractivity contribution is 6.31. The summed E-state index contributed by atoms with van der Waals surface area (Å²) in [5, 5.41) is 4.30.